The van der Waals surface area contributed by atoms with E-state index in [9.17, 15) is 9.18 Å². The molecule has 0 bridgehead atoms. The molecule has 1 unspecified atom stereocenters. The van der Waals surface area contributed by atoms with Gasteiger partial charge in [-0.15, -0.1) is 0 Å². The Balaban J connectivity index is 2.45. The summed E-state index contributed by atoms with van der Waals surface area (Å²) in [5.74, 6) is -0.545. The minimum absolute atomic E-state index is 0.162. The van der Waals surface area contributed by atoms with Crippen LogP contribution in [0.1, 0.15) is 12.5 Å². The van der Waals surface area contributed by atoms with Gasteiger partial charge in [0.15, 0.2) is 0 Å². The molecule has 0 aliphatic carbocycles. The van der Waals surface area contributed by atoms with Gasteiger partial charge in [-0.2, -0.15) is 0 Å². The molecule has 1 aromatic rings. The van der Waals surface area contributed by atoms with E-state index in [0.717, 1.165) is 0 Å². The summed E-state index contributed by atoms with van der Waals surface area (Å²) in [6.45, 7) is 2.81. The number of amides is 1. The molecule has 0 radical (unpaired) electrons. The first kappa shape index (κ1) is 15.9. The molecule has 1 atom stereocenters. The van der Waals surface area contributed by atoms with E-state index in [0.29, 0.717) is 23.7 Å². The molecule has 0 aromatic heterocycles. The largest absolute Gasteiger partial charge is 0.383 e. The standard InChI is InChI=1S/C13H18ClFN2O2/c1-9(13(18)16-6-7-19-2)17-8-10-11(14)4-3-5-12(10)15/h3-5,9,17H,6-8H2,1-2H3,(H,16,18). The van der Waals surface area contributed by atoms with E-state index in [1.165, 1.54) is 6.07 Å². The van der Waals surface area contributed by atoms with Gasteiger partial charge in [0.1, 0.15) is 5.82 Å². The van der Waals surface area contributed by atoms with E-state index in [4.69, 9.17) is 16.3 Å². The maximum atomic E-state index is 13.5. The minimum atomic E-state index is -0.437. The molecule has 19 heavy (non-hydrogen) atoms. The first-order chi connectivity index (χ1) is 9.06. The van der Waals surface area contributed by atoms with Gasteiger partial charge in [0.25, 0.3) is 0 Å². The molecule has 1 aromatic carbocycles. The van der Waals surface area contributed by atoms with Crippen LogP contribution >= 0.6 is 11.6 Å². The Labute approximate surface area is 117 Å². The number of benzene rings is 1. The second kappa shape index (κ2) is 8.09. The van der Waals surface area contributed by atoms with Crippen molar-refractivity contribution in [3.63, 3.8) is 0 Å². The van der Waals surface area contributed by atoms with Gasteiger partial charge >= 0.3 is 0 Å². The van der Waals surface area contributed by atoms with Crippen LogP contribution in [0.15, 0.2) is 18.2 Å². The summed E-state index contributed by atoms with van der Waals surface area (Å²) in [6, 6.07) is 4.06. The fourth-order valence-electron chi connectivity index (χ4n) is 1.48. The van der Waals surface area contributed by atoms with Crippen molar-refractivity contribution in [2.24, 2.45) is 0 Å². The van der Waals surface area contributed by atoms with Crippen LogP contribution < -0.4 is 10.6 Å². The van der Waals surface area contributed by atoms with E-state index in [1.54, 1.807) is 26.2 Å². The van der Waals surface area contributed by atoms with Crippen LogP contribution in [0.3, 0.4) is 0 Å². The highest BCUT2D eigenvalue weighted by Crippen LogP contribution is 2.18. The molecule has 1 rings (SSSR count). The quantitative estimate of drug-likeness (QED) is 0.751. The van der Waals surface area contributed by atoms with Crippen LogP contribution in [0.5, 0.6) is 0 Å². The number of halogens is 2. The minimum Gasteiger partial charge on any atom is -0.383 e. The summed E-state index contributed by atoms with van der Waals surface area (Å²) in [7, 11) is 1.56. The van der Waals surface area contributed by atoms with Gasteiger partial charge < -0.3 is 15.4 Å². The maximum absolute atomic E-state index is 13.5. The lowest BCUT2D eigenvalue weighted by Crippen LogP contribution is -2.42. The number of carbonyl (C=O) groups excluding carboxylic acids is 1. The summed E-state index contributed by atoms with van der Waals surface area (Å²) in [6.07, 6.45) is 0. The lowest BCUT2D eigenvalue weighted by Gasteiger charge is -2.14. The molecule has 0 aliphatic heterocycles. The number of rotatable bonds is 7. The van der Waals surface area contributed by atoms with Crippen molar-refractivity contribution >= 4 is 17.5 Å². The summed E-state index contributed by atoms with van der Waals surface area (Å²) >= 11 is 5.90. The molecule has 0 heterocycles. The van der Waals surface area contributed by atoms with Crippen molar-refractivity contribution in [3.8, 4) is 0 Å². The van der Waals surface area contributed by atoms with Crippen molar-refractivity contribution in [3.05, 3.63) is 34.6 Å². The van der Waals surface area contributed by atoms with Crippen molar-refractivity contribution in [2.45, 2.75) is 19.5 Å². The third kappa shape index (κ3) is 5.14. The molecule has 0 saturated carbocycles. The van der Waals surface area contributed by atoms with Gasteiger partial charge in [0.05, 0.1) is 12.6 Å². The predicted octanol–water partition coefficient (Wildman–Crippen LogP) is 1.72. The average Bonchev–Trinajstić information content (AvgIpc) is 2.38. The maximum Gasteiger partial charge on any atom is 0.236 e. The summed E-state index contributed by atoms with van der Waals surface area (Å²) in [4.78, 5) is 11.7. The molecule has 6 heteroatoms. The zero-order valence-electron chi connectivity index (χ0n) is 11.0. The van der Waals surface area contributed by atoms with Crippen LogP contribution in [0, 0.1) is 5.82 Å². The first-order valence-electron chi connectivity index (χ1n) is 5.99. The van der Waals surface area contributed by atoms with Gasteiger partial charge in [0, 0.05) is 30.8 Å². The lowest BCUT2D eigenvalue weighted by atomic mass is 10.2. The predicted molar refractivity (Wildman–Crippen MR) is 72.6 cm³/mol. The molecule has 4 nitrogen and oxygen atoms in total. The van der Waals surface area contributed by atoms with Crippen LogP contribution in [0.2, 0.25) is 5.02 Å². The summed E-state index contributed by atoms with van der Waals surface area (Å²) < 4.78 is 18.3. The van der Waals surface area contributed by atoms with Crippen molar-refractivity contribution < 1.29 is 13.9 Å². The smallest absolute Gasteiger partial charge is 0.236 e. The second-order valence-corrected chi connectivity index (χ2v) is 4.49. The highest BCUT2D eigenvalue weighted by molar-refractivity contribution is 6.31. The molecule has 0 aliphatic rings. The summed E-state index contributed by atoms with van der Waals surface area (Å²) in [5.41, 5.74) is 0.362. The van der Waals surface area contributed by atoms with Gasteiger partial charge in [0.2, 0.25) is 5.91 Å². The van der Waals surface area contributed by atoms with Gasteiger partial charge in [-0.3, -0.25) is 4.79 Å². The van der Waals surface area contributed by atoms with Crippen LogP contribution in [-0.4, -0.2) is 32.2 Å². The Morgan fingerprint density at radius 2 is 2.26 bits per heavy atom. The topological polar surface area (TPSA) is 50.4 Å². The normalized spacial score (nSPS) is 12.2. The Kier molecular flexibility index (Phi) is 6.77. The lowest BCUT2D eigenvalue weighted by molar-refractivity contribution is -0.123. The molecule has 0 saturated heterocycles. The molecular weight excluding hydrogens is 271 g/mol. The van der Waals surface area contributed by atoms with Gasteiger partial charge in [-0.05, 0) is 19.1 Å². The number of hydrogen-bond donors (Lipinski definition) is 2. The third-order valence-electron chi connectivity index (χ3n) is 2.65. The zero-order valence-corrected chi connectivity index (χ0v) is 11.8. The van der Waals surface area contributed by atoms with Crippen LogP contribution in [0.4, 0.5) is 4.39 Å². The Hall–Kier alpha value is -1.17. The van der Waals surface area contributed by atoms with Crippen LogP contribution in [-0.2, 0) is 16.1 Å². The van der Waals surface area contributed by atoms with E-state index in [-0.39, 0.29) is 18.3 Å². The Morgan fingerprint density at radius 1 is 1.53 bits per heavy atom. The Bertz CT molecular complexity index is 409. The molecule has 1 amide bonds. The first-order valence-corrected chi connectivity index (χ1v) is 6.37. The fraction of sp³-hybridized carbons (Fsp3) is 0.462. The number of methoxy groups -OCH3 is 1. The third-order valence-corrected chi connectivity index (χ3v) is 3.00. The number of hydrogen-bond acceptors (Lipinski definition) is 3. The van der Waals surface area contributed by atoms with Crippen molar-refractivity contribution in [1.29, 1.82) is 0 Å². The molecular formula is C13H18ClFN2O2. The molecule has 106 valence electrons. The van der Waals surface area contributed by atoms with Crippen molar-refractivity contribution in [2.75, 3.05) is 20.3 Å². The Morgan fingerprint density at radius 3 is 2.89 bits per heavy atom. The fourth-order valence-corrected chi connectivity index (χ4v) is 1.71. The number of ether oxygens (including phenoxy) is 1. The van der Waals surface area contributed by atoms with E-state index >= 15 is 0 Å². The molecule has 2 N–H and O–H groups in total. The highest BCUT2D eigenvalue weighted by Gasteiger charge is 2.13. The van der Waals surface area contributed by atoms with E-state index in [2.05, 4.69) is 10.6 Å². The highest BCUT2D eigenvalue weighted by atomic mass is 35.5. The van der Waals surface area contributed by atoms with Crippen molar-refractivity contribution in [1.82, 2.24) is 10.6 Å². The number of nitrogens with one attached hydrogen (secondary N) is 2. The number of carbonyl (C=O) groups is 1. The zero-order chi connectivity index (χ0) is 14.3. The van der Waals surface area contributed by atoms with Gasteiger partial charge in [-0.25, -0.2) is 4.39 Å². The second-order valence-electron chi connectivity index (χ2n) is 4.09. The SMILES string of the molecule is COCCNC(=O)C(C)NCc1c(F)cccc1Cl. The van der Waals surface area contributed by atoms with E-state index < -0.39 is 6.04 Å². The molecule has 0 spiro atoms. The monoisotopic (exact) mass is 288 g/mol. The average molecular weight is 289 g/mol. The summed E-state index contributed by atoms with van der Waals surface area (Å²) in [5, 5.41) is 5.97. The molecule has 0 fully saturated rings. The van der Waals surface area contributed by atoms with E-state index in [1.807, 2.05) is 0 Å². The van der Waals surface area contributed by atoms with Crippen LogP contribution in [0.25, 0.3) is 0 Å². The van der Waals surface area contributed by atoms with Gasteiger partial charge in [-0.1, -0.05) is 17.7 Å².